The number of rotatable bonds is 7. The van der Waals surface area contributed by atoms with E-state index in [-0.39, 0.29) is 0 Å². The second kappa shape index (κ2) is 8.64. The van der Waals surface area contributed by atoms with E-state index in [1.807, 2.05) is 24.3 Å². The summed E-state index contributed by atoms with van der Waals surface area (Å²) < 4.78 is 0. The summed E-state index contributed by atoms with van der Waals surface area (Å²) >= 11 is 5.89. The molecule has 1 aromatic heterocycles. The molecule has 5 nitrogen and oxygen atoms in total. The Morgan fingerprint density at radius 3 is 2.75 bits per heavy atom. The molecule has 1 heterocycles. The SMILES string of the molecule is Clc1ccc(CNc2nncc(NCCC3=CCCCC3)n2)cc1. The molecule has 3 rings (SSSR count). The van der Waals surface area contributed by atoms with Gasteiger partial charge in [0.25, 0.3) is 0 Å². The summed E-state index contributed by atoms with van der Waals surface area (Å²) in [6.07, 6.45) is 10.2. The standard InChI is InChI=1S/C18H22ClN5/c19-16-8-6-15(7-9-16)12-21-18-23-17(13-22-24-18)20-11-10-14-4-2-1-3-5-14/h4,6-9,13H,1-3,5,10-12H2,(H2,20,21,23,24). The largest absolute Gasteiger partial charge is 0.368 e. The van der Waals surface area contributed by atoms with Crippen LogP contribution in [0.2, 0.25) is 5.02 Å². The number of hydrogen-bond acceptors (Lipinski definition) is 5. The van der Waals surface area contributed by atoms with E-state index in [1.54, 1.807) is 11.8 Å². The minimum absolute atomic E-state index is 0.520. The lowest BCUT2D eigenvalue weighted by molar-refractivity contribution is 0.679. The second-order valence-corrected chi connectivity index (χ2v) is 6.37. The summed E-state index contributed by atoms with van der Waals surface area (Å²) in [7, 11) is 0. The highest BCUT2D eigenvalue weighted by molar-refractivity contribution is 6.30. The minimum atomic E-state index is 0.520. The first-order valence-corrected chi connectivity index (χ1v) is 8.77. The zero-order valence-electron chi connectivity index (χ0n) is 13.6. The Morgan fingerprint density at radius 1 is 1.08 bits per heavy atom. The number of nitrogens with zero attached hydrogens (tertiary/aromatic N) is 3. The first kappa shape index (κ1) is 16.7. The van der Waals surface area contributed by atoms with Crippen molar-refractivity contribution >= 4 is 23.4 Å². The number of halogens is 1. The van der Waals surface area contributed by atoms with Crippen molar-refractivity contribution in [1.82, 2.24) is 15.2 Å². The van der Waals surface area contributed by atoms with Gasteiger partial charge in [0.15, 0.2) is 5.82 Å². The number of anilines is 2. The third-order valence-corrected chi connectivity index (χ3v) is 4.31. The Bertz CT molecular complexity index is 684. The molecule has 6 heteroatoms. The van der Waals surface area contributed by atoms with E-state index in [2.05, 4.69) is 31.9 Å². The molecule has 0 unspecified atom stereocenters. The van der Waals surface area contributed by atoms with Crippen LogP contribution in [0.5, 0.6) is 0 Å². The van der Waals surface area contributed by atoms with E-state index in [0.717, 1.165) is 29.4 Å². The van der Waals surface area contributed by atoms with Gasteiger partial charge in [0, 0.05) is 18.1 Å². The first-order chi connectivity index (χ1) is 11.8. The highest BCUT2D eigenvalue weighted by Gasteiger charge is 2.04. The number of benzene rings is 1. The normalized spacial score (nSPS) is 14.1. The summed E-state index contributed by atoms with van der Waals surface area (Å²) in [6, 6.07) is 7.69. The van der Waals surface area contributed by atoms with Crippen molar-refractivity contribution in [3.05, 3.63) is 52.7 Å². The number of hydrogen-bond donors (Lipinski definition) is 2. The number of allylic oxidation sites excluding steroid dienone is 1. The Kier molecular flexibility index (Phi) is 6.01. The lowest BCUT2D eigenvalue weighted by Gasteiger charge is -2.13. The number of nitrogens with one attached hydrogen (secondary N) is 2. The Balaban J connectivity index is 1.48. The summed E-state index contributed by atoms with van der Waals surface area (Å²) in [5, 5.41) is 15.3. The molecule has 0 spiro atoms. The van der Waals surface area contributed by atoms with E-state index in [9.17, 15) is 0 Å². The molecule has 0 radical (unpaired) electrons. The molecule has 0 bridgehead atoms. The van der Waals surface area contributed by atoms with Gasteiger partial charge in [-0.3, -0.25) is 0 Å². The van der Waals surface area contributed by atoms with E-state index < -0.39 is 0 Å². The second-order valence-electron chi connectivity index (χ2n) is 5.93. The van der Waals surface area contributed by atoms with Gasteiger partial charge < -0.3 is 10.6 Å². The zero-order chi connectivity index (χ0) is 16.6. The molecule has 2 N–H and O–H groups in total. The maximum Gasteiger partial charge on any atom is 0.244 e. The van der Waals surface area contributed by atoms with Gasteiger partial charge in [-0.25, -0.2) is 0 Å². The lowest BCUT2D eigenvalue weighted by atomic mass is 9.97. The van der Waals surface area contributed by atoms with Gasteiger partial charge in [-0.2, -0.15) is 10.1 Å². The van der Waals surface area contributed by atoms with Crippen molar-refractivity contribution in [2.24, 2.45) is 0 Å². The maximum atomic E-state index is 5.89. The van der Waals surface area contributed by atoms with Crippen LogP contribution in [-0.4, -0.2) is 21.7 Å². The first-order valence-electron chi connectivity index (χ1n) is 8.39. The van der Waals surface area contributed by atoms with Crippen molar-refractivity contribution in [2.75, 3.05) is 17.2 Å². The topological polar surface area (TPSA) is 62.7 Å². The van der Waals surface area contributed by atoms with Gasteiger partial charge in [-0.05, 0) is 49.8 Å². The van der Waals surface area contributed by atoms with Gasteiger partial charge in [0.2, 0.25) is 5.95 Å². The van der Waals surface area contributed by atoms with Crippen LogP contribution < -0.4 is 10.6 Å². The zero-order valence-corrected chi connectivity index (χ0v) is 14.4. The molecular formula is C18H22ClN5. The maximum absolute atomic E-state index is 5.89. The molecule has 24 heavy (non-hydrogen) atoms. The van der Waals surface area contributed by atoms with E-state index in [0.29, 0.717) is 12.5 Å². The molecular weight excluding hydrogens is 322 g/mol. The lowest BCUT2D eigenvalue weighted by Crippen LogP contribution is -2.09. The summed E-state index contributed by atoms with van der Waals surface area (Å²) in [6.45, 7) is 1.51. The van der Waals surface area contributed by atoms with Crippen molar-refractivity contribution in [2.45, 2.75) is 38.6 Å². The average Bonchev–Trinajstić information content (AvgIpc) is 2.63. The predicted octanol–water partition coefficient (Wildman–Crippen LogP) is 4.44. The summed E-state index contributed by atoms with van der Waals surface area (Å²) in [5.74, 6) is 1.27. The van der Waals surface area contributed by atoms with Crippen LogP contribution >= 0.6 is 11.6 Å². The molecule has 126 valence electrons. The van der Waals surface area contributed by atoms with Gasteiger partial charge in [0.05, 0.1) is 6.20 Å². The van der Waals surface area contributed by atoms with Crippen LogP contribution in [0.15, 0.2) is 42.1 Å². The van der Waals surface area contributed by atoms with E-state index in [1.165, 1.54) is 25.7 Å². The highest BCUT2D eigenvalue weighted by atomic mass is 35.5. The smallest absolute Gasteiger partial charge is 0.244 e. The molecule has 0 fully saturated rings. The van der Waals surface area contributed by atoms with Gasteiger partial charge in [0.1, 0.15) is 0 Å². The van der Waals surface area contributed by atoms with Crippen molar-refractivity contribution in [1.29, 1.82) is 0 Å². The Morgan fingerprint density at radius 2 is 1.96 bits per heavy atom. The van der Waals surface area contributed by atoms with Crippen molar-refractivity contribution in [3.8, 4) is 0 Å². The molecule has 0 aliphatic heterocycles. The molecule has 0 saturated carbocycles. The van der Waals surface area contributed by atoms with Gasteiger partial charge in [-0.1, -0.05) is 35.4 Å². The van der Waals surface area contributed by atoms with E-state index >= 15 is 0 Å². The summed E-state index contributed by atoms with van der Waals surface area (Å²) in [5.41, 5.74) is 2.67. The van der Waals surface area contributed by atoms with Crippen molar-refractivity contribution in [3.63, 3.8) is 0 Å². The molecule has 2 aromatic rings. The molecule has 1 aliphatic rings. The Labute approximate surface area is 147 Å². The van der Waals surface area contributed by atoms with Crippen LogP contribution in [0.25, 0.3) is 0 Å². The molecule has 1 aromatic carbocycles. The quantitative estimate of drug-likeness (QED) is 0.728. The van der Waals surface area contributed by atoms with Crippen molar-refractivity contribution < 1.29 is 0 Å². The van der Waals surface area contributed by atoms with Gasteiger partial charge in [-0.15, -0.1) is 5.10 Å². The van der Waals surface area contributed by atoms with Crippen LogP contribution in [-0.2, 0) is 6.54 Å². The minimum Gasteiger partial charge on any atom is -0.368 e. The third-order valence-electron chi connectivity index (χ3n) is 4.06. The fraction of sp³-hybridized carbons (Fsp3) is 0.389. The molecule has 0 atom stereocenters. The van der Waals surface area contributed by atoms with Crippen LogP contribution in [0.1, 0.15) is 37.7 Å². The monoisotopic (exact) mass is 343 g/mol. The Hall–Kier alpha value is -2.14. The van der Waals surface area contributed by atoms with Crippen LogP contribution in [0.4, 0.5) is 11.8 Å². The highest BCUT2D eigenvalue weighted by Crippen LogP contribution is 2.20. The van der Waals surface area contributed by atoms with E-state index in [4.69, 9.17) is 11.6 Å². The fourth-order valence-electron chi connectivity index (χ4n) is 2.73. The average molecular weight is 344 g/mol. The van der Waals surface area contributed by atoms with Gasteiger partial charge >= 0.3 is 0 Å². The van der Waals surface area contributed by atoms with Crippen LogP contribution in [0, 0.1) is 0 Å². The molecule has 1 aliphatic carbocycles. The fourth-order valence-corrected chi connectivity index (χ4v) is 2.86. The molecule has 0 saturated heterocycles. The molecule has 0 amide bonds. The third kappa shape index (κ3) is 5.20. The predicted molar refractivity (Wildman–Crippen MR) is 98.3 cm³/mol. The van der Waals surface area contributed by atoms with Crippen LogP contribution in [0.3, 0.4) is 0 Å². The number of aromatic nitrogens is 3. The summed E-state index contributed by atoms with van der Waals surface area (Å²) in [4.78, 5) is 4.45.